The Labute approximate surface area is 116 Å². The summed E-state index contributed by atoms with van der Waals surface area (Å²) in [6.45, 7) is 4.66. The maximum absolute atomic E-state index is 5.56. The third kappa shape index (κ3) is 4.53. The van der Waals surface area contributed by atoms with Crippen molar-refractivity contribution in [1.29, 1.82) is 0 Å². The first-order valence-electron chi connectivity index (χ1n) is 7.76. The minimum absolute atomic E-state index is 0.639. The largest absolute Gasteiger partial charge is 0.380 e. The molecule has 0 aliphatic heterocycles. The molecular formula is C15H27N3O. The predicted octanol–water partition coefficient (Wildman–Crippen LogP) is 3.62. The topological polar surface area (TPSA) is 39.1 Å². The summed E-state index contributed by atoms with van der Waals surface area (Å²) < 4.78 is 7.87. The summed E-state index contributed by atoms with van der Waals surface area (Å²) in [5.74, 6) is 1.01. The lowest BCUT2D eigenvalue weighted by Crippen LogP contribution is -2.18. The van der Waals surface area contributed by atoms with Crippen molar-refractivity contribution in [2.75, 3.05) is 25.1 Å². The first-order chi connectivity index (χ1) is 9.42. The Kier molecular flexibility index (Phi) is 6.21. The van der Waals surface area contributed by atoms with Crippen molar-refractivity contribution in [3.8, 4) is 0 Å². The number of nitrogens with zero attached hydrogens (tertiary/aromatic N) is 2. The van der Waals surface area contributed by atoms with E-state index in [0.717, 1.165) is 32.1 Å². The summed E-state index contributed by atoms with van der Waals surface area (Å²) in [4.78, 5) is 4.42. The number of aromatic nitrogens is 2. The van der Waals surface area contributed by atoms with Crippen LogP contribution in [-0.4, -0.2) is 29.3 Å². The van der Waals surface area contributed by atoms with Crippen molar-refractivity contribution in [1.82, 2.24) is 9.55 Å². The third-order valence-corrected chi connectivity index (χ3v) is 3.81. The van der Waals surface area contributed by atoms with Crippen molar-refractivity contribution in [2.24, 2.45) is 0 Å². The number of unbranched alkanes of at least 4 members (excludes halogenated alkanes) is 1. The molecule has 0 radical (unpaired) electrons. The number of ether oxygens (including phenoxy) is 1. The van der Waals surface area contributed by atoms with Gasteiger partial charge in [-0.25, -0.2) is 4.98 Å². The molecule has 0 unspecified atom stereocenters. The average molecular weight is 265 g/mol. The van der Waals surface area contributed by atoms with Crippen molar-refractivity contribution in [2.45, 2.75) is 57.9 Å². The van der Waals surface area contributed by atoms with Crippen LogP contribution in [0.4, 0.5) is 5.95 Å². The van der Waals surface area contributed by atoms with Gasteiger partial charge < -0.3 is 14.6 Å². The van der Waals surface area contributed by atoms with Gasteiger partial charge in [0, 0.05) is 31.6 Å². The van der Waals surface area contributed by atoms with Crippen LogP contribution in [0.3, 0.4) is 0 Å². The molecule has 19 heavy (non-hydrogen) atoms. The number of nitrogens with one attached hydrogen (secondary N) is 1. The van der Waals surface area contributed by atoms with Crippen molar-refractivity contribution in [3.63, 3.8) is 0 Å². The van der Waals surface area contributed by atoms with Crippen LogP contribution in [-0.2, 0) is 4.74 Å². The Morgan fingerprint density at radius 3 is 2.95 bits per heavy atom. The zero-order valence-corrected chi connectivity index (χ0v) is 12.1. The molecule has 0 atom stereocenters. The number of hydrogen-bond donors (Lipinski definition) is 1. The van der Waals surface area contributed by atoms with E-state index in [9.17, 15) is 0 Å². The summed E-state index contributed by atoms with van der Waals surface area (Å²) in [7, 11) is 0. The lowest BCUT2D eigenvalue weighted by atomic mass is 9.95. The van der Waals surface area contributed by atoms with Crippen molar-refractivity contribution >= 4 is 5.95 Å². The minimum Gasteiger partial charge on any atom is -0.380 e. The van der Waals surface area contributed by atoms with Crippen molar-refractivity contribution in [3.05, 3.63) is 12.4 Å². The zero-order valence-electron chi connectivity index (χ0n) is 12.1. The molecule has 1 fully saturated rings. The molecule has 1 N–H and O–H groups in total. The fraction of sp³-hybridized carbons (Fsp3) is 0.800. The quantitative estimate of drug-likeness (QED) is 0.730. The number of anilines is 1. The minimum atomic E-state index is 0.639. The lowest BCUT2D eigenvalue weighted by Gasteiger charge is -2.24. The van der Waals surface area contributed by atoms with Crippen LogP contribution in [0.1, 0.15) is 57.9 Å². The number of rotatable bonds is 8. The molecule has 1 heterocycles. The average Bonchev–Trinajstić information content (AvgIpc) is 2.92. The summed E-state index contributed by atoms with van der Waals surface area (Å²) in [6.07, 6.45) is 13.0. The van der Waals surface area contributed by atoms with Gasteiger partial charge >= 0.3 is 0 Å². The molecule has 4 nitrogen and oxygen atoms in total. The Hall–Kier alpha value is -1.03. The first kappa shape index (κ1) is 14.4. The SMILES string of the molecule is CCCCOCCNc1nccn1C1CCCCC1. The highest BCUT2D eigenvalue weighted by Gasteiger charge is 2.17. The van der Waals surface area contributed by atoms with E-state index in [0.29, 0.717) is 6.04 Å². The molecule has 0 amide bonds. The lowest BCUT2D eigenvalue weighted by molar-refractivity contribution is 0.140. The van der Waals surface area contributed by atoms with Crippen LogP contribution >= 0.6 is 0 Å². The fourth-order valence-electron chi connectivity index (χ4n) is 2.69. The van der Waals surface area contributed by atoms with Gasteiger partial charge in [-0.2, -0.15) is 0 Å². The monoisotopic (exact) mass is 265 g/mol. The van der Waals surface area contributed by atoms with E-state index in [1.807, 2.05) is 6.20 Å². The standard InChI is InChI=1S/C15H27N3O/c1-2-3-12-19-13-10-17-15-16-9-11-18(15)14-7-5-4-6-8-14/h9,11,14H,2-8,10,12-13H2,1H3,(H,16,17). The van der Waals surface area contributed by atoms with E-state index in [-0.39, 0.29) is 0 Å². The summed E-state index contributed by atoms with van der Waals surface area (Å²) in [5.41, 5.74) is 0. The molecule has 1 aromatic heterocycles. The van der Waals surface area contributed by atoms with Crippen LogP contribution < -0.4 is 5.32 Å². The van der Waals surface area contributed by atoms with E-state index in [1.54, 1.807) is 0 Å². The smallest absolute Gasteiger partial charge is 0.203 e. The molecule has 4 heteroatoms. The summed E-state index contributed by atoms with van der Waals surface area (Å²) in [6, 6.07) is 0.639. The maximum atomic E-state index is 5.56. The van der Waals surface area contributed by atoms with E-state index in [4.69, 9.17) is 4.74 Å². The van der Waals surface area contributed by atoms with Crippen LogP contribution in [0.5, 0.6) is 0 Å². The van der Waals surface area contributed by atoms with Crippen LogP contribution in [0.2, 0.25) is 0 Å². The molecule has 0 spiro atoms. The third-order valence-electron chi connectivity index (χ3n) is 3.81. The Morgan fingerprint density at radius 2 is 2.16 bits per heavy atom. The van der Waals surface area contributed by atoms with Crippen LogP contribution in [0, 0.1) is 0 Å². The molecule has 0 bridgehead atoms. The first-order valence-corrected chi connectivity index (χ1v) is 7.76. The predicted molar refractivity (Wildman–Crippen MR) is 78.6 cm³/mol. The molecule has 108 valence electrons. The fourth-order valence-corrected chi connectivity index (χ4v) is 2.69. The highest BCUT2D eigenvalue weighted by Crippen LogP contribution is 2.29. The molecule has 1 aromatic rings. The van der Waals surface area contributed by atoms with Crippen molar-refractivity contribution < 1.29 is 4.74 Å². The van der Waals surface area contributed by atoms with Gasteiger partial charge in [0.2, 0.25) is 5.95 Å². The molecule has 2 rings (SSSR count). The molecule has 1 aliphatic rings. The van der Waals surface area contributed by atoms with Crippen LogP contribution in [0.25, 0.3) is 0 Å². The molecule has 0 aromatic carbocycles. The van der Waals surface area contributed by atoms with Gasteiger partial charge in [-0.3, -0.25) is 0 Å². The van der Waals surface area contributed by atoms with Gasteiger partial charge in [0.05, 0.1) is 6.61 Å². The van der Waals surface area contributed by atoms with Gasteiger partial charge in [-0.05, 0) is 19.3 Å². The summed E-state index contributed by atoms with van der Waals surface area (Å²) in [5, 5.41) is 3.39. The van der Waals surface area contributed by atoms with Crippen LogP contribution in [0.15, 0.2) is 12.4 Å². The maximum Gasteiger partial charge on any atom is 0.203 e. The molecular weight excluding hydrogens is 238 g/mol. The van der Waals surface area contributed by atoms with E-state index >= 15 is 0 Å². The highest BCUT2D eigenvalue weighted by molar-refractivity contribution is 5.26. The Balaban J connectivity index is 1.73. The Bertz CT molecular complexity index is 345. The van der Waals surface area contributed by atoms with Gasteiger partial charge in [0.1, 0.15) is 0 Å². The molecule has 1 aliphatic carbocycles. The van der Waals surface area contributed by atoms with E-state index in [2.05, 4.69) is 28.0 Å². The normalized spacial score (nSPS) is 16.7. The zero-order chi connectivity index (χ0) is 13.3. The second-order valence-corrected chi connectivity index (χ2v) is 5.34. The van der Waals surface area contributed by atoms with Gasteiger partial charge in [0.25, 0.3) is 0 Å². The summed E-state index contributed by atoms with van der Waals surface area (Å²) >= 11 is 0. The van der Waals surface area contributed by atoms with Gasteiger partial charge in [0.15, 0.2) is 0 Å². The second-order valence-electron chi connectivity index (χ2n) is 5.34. The number of hydrogen-bond acceptors (Lipinski definition) is 3. The highest BCUT2D eigenvalue weighted by atomic mass is 16.5. The molecule has 1 saturated carbocycles. The van der Waals surface area contributed by atoms with Gasteiger partial charge in [-0.1, -0.05) is 32.6 Å². The molecule has 0 saturated heterocycles. The Morgan fingerprint density at radius 1 is 1.32 bits per heavy atom. The van der Waals surface area contributed by atoms with Gasteiger partial charge in [-0.15, -0.1) is 0 Å². The van der Waals surface area contributed by atoms with E-state index in [1.165, 1.54) is 38.5 Å². The van der Waals surface area contributed by atoms with E-state index < -0.39 is 0 Å². The second kappa shape index (κ2) is 8.20. The number of imidazole rings is 1.